The fourth-order valence-corrected chi connectivity index (χ4v) is 3.52. The van der Waals surface area contributed by atoms with Crippen molar-refractivity contribution in [2.24, 2.45) is 11.8 Å². The Hall–Kier alpha value is -3.17. The van der Waals surface area contributed by atoms with E-state index in [9.17, 15) is 31.5 Å². The molecule has 10 heteroatoms. The highest BCUT2D eigenvalue weighted by Gasteiger charge is 2.38. The minimum absolute atomic E-state index is 0.0640. The molecule has 1 aliphatic carbocycles. The minimum atomic E-state index is -4.92. The maximum absolute atomic E-state index is 14.5. The summed E-state index contributed by atoms with van der Waals surface area (Å²) < 4.78 is 69.9. The van der Waals surface area contributed by atoms with Crippen LogP contribution in [0.15, 0.2) is 36.4 Å². The van der Waals surface area contributed by atoms with Crippen molar-refractivity contribution < 1.29 is 41.4 Å². The number of amides is 1. The van der Waals surface area contributed by atoms with E-state index in [1.165, 1.54) is 12.1 Å². The third kappa shape index (κ3) is 4.87. The zero-order chi connectivity index (χ0) is 22.1. The van der Waals surface area contributed by atoms with Crippen LogP contribution in [0.3, 0.4) is 0 Å². The highest BCUT2D eigenvalue weighted by Crippen LogP contribution is 2.35. The van der Waals surface area contributed by atoms with Crippen LogP contribution in [0.5, 0.6) is 5.75 Å². The van der Waals surface area contributed by atoms with Crippen molar-refractivity contribution in [2.45, 2.75) is 25.6 Å². The first-order chi connectivity index (χ1) is 14.0. The summed E-state index contributed by atoms with van der Waals surface area (Å²) in [5.74, 6) is -6.63. The van der Waals surface area contributed by atoms with Gasteiger partial charge in [0.25, 0.3) is 0 Å². The summed E-state index contributed by atoms with van der Waals surface area (Å²) in [6.07, 6.45) is -3.82. The standard InChI is InChI=1S/C20H16F5NO4/c21-15-8-11(10-3-1-4-12(7-10)30-20(23,24)25)9-16(22)17(15)26-18(27)13-5-2-6-14(13)19(28)29/h1,3-4,7-9,13-14H,2,5-6H2,(H,26,27)(H,28,29). The second kappa shape index (κ2) is 8.29. The summed E-state index contributed by atoms with van der Waals surface area (Å²) in [5.41, 5.74) is -0.753. The van der Waals surface area contributed by atoms with Gasteiger partial charge in [-0.2, -0.15) is 0 Å². The number of carboxylic acids is 1. The molecule has 1 aliphatic rings. The van der Waals surface area contributed by atoms with E-state index in [4.69, 9.17) is 5.11 Å². The molecule has 30 heavy (non-hydrogen) atoms. The fourth-order valence-electron chi connectivity index (χ4n) is 3.52. The van der Waals surface area contributed by atoms with Crippen molar-refractivity contribution in [1.82, 2.24) is 0 Å². The van der Waals surface area contributed by atoms with Crippen LogP contribution in [-0.4, -0.2) is 23.3 Å². The highest BCUT2D eigenvalue weighted by atomic mass is 19.4. The maximum Gasteiger partial charge on any atom is 0.573 e. The fraction of sp³-hybridized carbons (Fsp3) is 0.300. The first kappa shape index (κ1) is 21.5. The Morgan fingerprint density at radius 3 is 2.23 bits per heavy atom. The first-order valence-electron chi connectivity index (χ1n) is 8.94. The van der Waals surface area contributed by atoms with Crippen LogP contribution in [0.1, 0.15) is 19.3 Å². The zero-order valence-corrected chi connectivity index (χ0v) is 15.3. The van der Waals surface area contributed by atoms with Crippen LogP contribution >= 0.6 is 0 Å². The predicted octanol–water partition coefficient (Wildman–Crippen LogP) is 4.97. The number of rotatable bonds is 5. The molecular formula is C20H16F5NO4. The first-order valence-corrected chi connectivity index (χ1v) is 8.94. The van der Waals surface area contributed by atoms with Crippen LogP contribution < -0.4 is 10.1 Å². The predicted molar refractivity (Wildman–Crippen MR) is 95.6 cm³/mol. The normalized spacial score (nSPS) is 18.8. The average Bonchev–Trinajstić information content (AvgIpc) is 3.13. The molecule has 1 saturated carbocycles. The molecule has 0 saturated heterocycles. The van der Waals surface area contributed by atoms with Crippen molar-refractivity contribution in [3.8, 4) is 16.9 Å². The number of nitrogens with one attached hydrogen (secondary N) is 1. The lowest BCUT2D eigenvalue weighted by atomic mass is 9.95. The van der Waals surface area contributed by atoms with E-state index in [0.717, 1.165) is 24.3 Å². The van der Waals surface area contributed by atoms with Crippen molar-refractivity contribution in [2.75, 3.05) is 5.32 Å². The molecule has 0 radical (unpaired) electrons. The Morgan fingerprint density at radius 1 is 1.00 bits per heavy atom. The van der Waals surface area contributed by atoms with Crippen LogP contribution in [0.2, 0.25) is 0 Å². The van der Waals surface area contributed by atoms with Gasteiger partial charge in [0, 0.05) is 0 Å². The molecule has 2 unspecified atom stereocenters. The third-order valence-corrected chi connectivity index (χ3v) is 4.86. The van der Waals surface area contributed by atoms with E-state index < -0.39 is 53.1 Å². The Kier molecular flexibility index (Phi) is 5.95. The Balaban J connectivity index is 1.83. The molecule has 0 bridgehead atoms. The molecule has 1 fully saturated rings. The average molecular weight is 429 g/mol. The van der Waals surface area contributed by atoms with Gasteiger partial charge in [-0.1, -0.05) is 18.6 Å². The van der Waals surface area contributed by atoms with E-state index in [1.807, 2.05) is 0 Å². The van der Waals surface area contributed by atoms with Crippen LogP contribution in [0.4, 0.5) is 27.6 Å². The number of alkyl halides is 3. The van der Waals surface area contributed by atoms with E-state index in [-0.39, 0.29) is 17.5 Å². The summed E-state index contributed by atoms with van der Waals surface area (Å²) in [4.78, 5) is 23.5. The molecule has 2 N–H and O–H groups in total. The third-order valence-electron chi connectivity index (χ3n) is 4.86. The molecule has 1 amide bonds. The summed E-state index contributed by atoms with van der Waals surface area (Å²) in [6, 6.07) is 6.29. The van der Waals surface area contributed by atoms with Crippen LogP contribution in [-0.2, 0) is 9.59 Å². The molecule has 0 aromatic heterocycles. The van der Waals surface area contributed by atoms with E-state index in [1.54, 1.807) is 0 Å². The SMILES string of the molecule is O=C(O)C1CCCC1C(=O)Nc1c(F)cc(-c2cccc(OC(F)(F)F)c2)cc1F. The number of hydrogen-bond acceptors (Lipinski definition) is 3. The van der Waals surface area contributed by atoms with Gasteiger partial charge in [-0.05, 0) is 48.2 Å². The molecule has 2 atom stereocenters. The van der Waals surface area contributed by atoms with Crippen molar-refractivity contribution >= 4 is 17.6 Å². The quantitative estimate of drug-likeness (QED) is 0.658. The van der Waals surface area contributed by atoms with Crippen molar-refractivity contribution in [3.05, 3.63) is 48.0 Å². The zero-order valence-electron chi connectivity index (χ0n) is 15.3. The van der Waals surface area contributed by atoms with Gasteiger partial charge in [-0.3, -0.25) is 9.59 Å². The van der Waals surface area contributed by atoms with Crippen LogP contribution in [0, 0.1) is 23.5 Å². The number of aliphatic carboxylic acids is 1. The topological polar surface area (TPSA) is 75.6 Å². The lowest BCUT2D eigenvalue weighted by Gasteiger charge is -2.17. The smallest absolute Gasteiger partial charge is 0.481 e. The van der Waals surface area contributed by atoms with E-state index in [0.29, 0.717) is 12.8 Å². The molecule has 0 aliphatic heterocycles. The van der Waals surface area contributed by atoms with Gasteiger partial charge in [-0.25, -0.2) is 8.78 Å². The van der Waals surface area contributed by atoms with Gasteiger partial charge < -0.3 is 15.2 Å². The van der Waals surface area contributed by atoms with E-state index >= 15 is 0 Å². The molecule has 3 rings (SSSR count). The van der Waals surface area contributed by atoms with Gasteiger partial charge >= 0.3 is 12.3 Å². The summed E-state index contributed by atoms with van der Waals surface area (Å²) in [6.45, 7) is 0. The minimum Gasteiger partial charge on any atom is -0.481 e. The lowest BCUT2D eigenvalue weighted by molar-refractivity contribution is -0.274. The molecule has 0 heterocycles. The lowest BCUT2D eigenvalue weighted by Crippen LogP contribution is -2.30. The molecule has 2 aromatic rings. The molecule has 0 spiro atoms. The van der Waals surface area contributed by atoms with Crippen molar-refractivity contribution in [3.63, 3.8) is 0 Å². The van der Waals surface area contributed by atoms with Gasteiger partial charge in [0.2, 0.25) is 5.91 Å². The Labute approximate surface area is 167 Å². The number of benzene rings is 2. The molecular weight excluding hydrogens is 413 g/mol. The molecule has 160 valence electrons. The highest BCUT2D eigenvalue weighted by molar-refractivity contribution is 5.95. The largest absolute Gasteiger partial charge is 0.573 e. The molecule has 5 nitrogen and oxygen atoms in total. The Morgan fingerprint density at radius 2 is 1.63 bits per heavy atom. The number of hydrogen-bond donors (Lipinski definition) is 2. The maximum atomic E-state index is 14.5. The van der Waals surface area contributed by atoms with Crippen LogP contribution in [0.25, 0.3) is 11.1 Å². The summed E-state index contributed by atoms with van der Waals surface area (Å²) >= 11 is 0. The number of anilines is 1. The van der Waals surface area contributed by atoms with E-state index in [2.05, 4.69) is 10.1 Å². The number of carbonyl (C=O) groups is 2. The summed E-state index contributed by atoms with van der Waals surface area (Å²) in [5, 5.41) is 11.3. The second-order valence-electron chi connectivity index (χ2n) is 6.86. The second-order valence-corrected chi connectivity index (χ2v) is 6.86. The van der Waals surface area contributed by atoms with Crippen molar-refractivity contribution in [1.29, 1.82) is 0 Å². The van der Waals surface area contributed by atoms with Gasteiger partial charge in [0.1, 0.15) is 23.1 Å². The number of halogens is 5. The van der Waals surface area contributed by atoms with Gasteiger partial charge in [0.05, 0.1) is 11.8 Å². The number of carboxylic acid groups (broad SMARTS) is 1. The number of carbonyl (C=O) groups excluding carboxylic acids is 1. The van der Waals surface area contributed by atoms with Gasteiger partial charge in [-0.15, -0.1) is 13.2 Å². The number of ether oxygens (including phenoxy) is 1. The van der Waals surface area contributed by atoms with Gasteiger partial charge in [0.15, 0.2) is 0 Å². The summed E-state index contributed by atoms with van der Waals surface area (Å²) in [7, 11) is 0. The monoisotopic (exact) mass is 429 g/mol. The Bertz CT molecular complexity index is 953. The molecule has 2 aromatic carbocycles.